The lowest BCUT2D eigenvalue weighted by Gasteiger charge is -2.16. The second kappa shape index (κ2) is 5.04. The Balaban J connectivity index is 2.28. The second-order valence-electron chi connectivity index (χ2n) is 4.53. The maximum atomic E-state index is 7.75. The van der Waals surface area contributed by atoms with Crippen molar-refractivity contribution in [1.29, 1.82) is 5.41 Å². The quantitative estimate of drug-likeness (QED) is 0.637. The van der Waals surface area contributed by atoms with E-state index in [1.165, 1.54) is 0 Å². The lowest BCUT2D eigenvalue weighted by Crippen LogP contribution is -2.25. The molecule has 0 spiro atoms. The van der Waals surface area contributed by atoms with Crippen molar-refractivity contribution in [2.45, 2.75) is 26.3 Å². The standard InChI is InChI=1S/C14H18N4/c1-10-8-11(2)18(17-10)9-13(14(15)16)12-6-4-3-5-7-12/h3-8,13H,9H2,1-2H3,(H3,15,16). The maximum absolute atomic E-state index is 7.75. The number of rotatable bonds is 4. The Hall–Kier alpha value is -2.10. The van der Waals surface area contributed by atoms with Crippen molar-refractivity contribution in [2.24, 2.45) is 5.73 Å². The molecule has 0 saturated heterocycles. The first-order valence-electron chi connectivity index (χ1n) is 5.98. The van der Waals surface area contributed by atoms with Crippen molar-refractivity contribution in [2.75, 3.05) is 0 Å². The number of hydrogen-bond acceptors (Lipinski definition) is 2. The topological polar surface area (TPSA) is 67.7 Å². The van der Waals surface area contributed by atoms with Crippen LogP contribution in [0.15, 0.2) is 36.4 Å². The summed E-state index contributed by atoms with van der Waals surface area (Å²) in [6.07, 6.45) is 0. The molecular formula is C14H18N4. The van der Waals surface area contributed by atoms with Crippen molar-refractivity contribution in [3.05, 3.63) is 53.3 Å². The molecule has 1 heterocycles. The highest BCUT2D eigenvalue weighted by Crippen LogP contribution is 2.18. The van der Waals surface area contributed by atoms with E-state index in [0.717, 1.165) is 17.0 Å². The Morgan fingerprint density at radius 3 is 2.50 bits per heavy atom. The summed E-state index contributed by atoms with van der Waals surface area (Å²) in [5.41, 5.74) is 8.85. The highest BCUT2D eigenvalue weighted by Gasteiger charge is 2.16. The van der Waals surface area contributed by atoms with Crippen molar-refractivity contribution < 1.29 is 0 Å². The zero-order valence-corrected chi connectivity index (χ0v) is 10.7. The van der Waals surface area contributed by atoms with Gasteiger partial charge in [-0.2, -0.15) is 5.10 Å². The molecule has 4 nitrogen and oxygen atoms in total. The van der Waals surface area contributed by atoms with Gasteiger partial charge < -0.3 is 5.73 Å². The summed E-state index contributed by atoms with van der Waals surface area (Å²) in [6.45, 7) is 4.59. The molecule has 2 aromatic rings. The van der Waals surface area contributed by atoms with Gasteiger partial charge in [0.05, 0.1) is 18.2 Å². The third-order valence-corrected chi connectivity index (χ3v) is 3.04. The van der Waals surface area contributed by atoms with Crippen LogP contribution in [-0.2, 0) is 6.54 Å². The van der Waals surface area contributed by atoms with Crippen LogP contribution < -0.4 is 5.73 Å². The zero-order valence-electron chi connectivity index (χ0n) is 10.7. The Kier molecular flexibility index (Phi) is 3.46. The first-order valence-corrected chi connectivity index (χ1v) is 5.98. The third kappa shape index (κ3) is 2.59. The second-order valence-corrected chi connectivity index (χ2v) is 4.53. The number of nitrogens with one attached hydrogen (secondary N) is 1. The predicted octanol–water partition coefficient (Wildman–Crippen LogP) is 2.22. The largest absolute Gasteiger partial charge is 0.387 e. The molecule has 1 atom stereocenters. The number of benzene rings is 1. The first kappa shape index (κ1) is 12.4. The summed E-state index contributed by atoms with van der Waals surface area (Å²) < 4.78 is 1.91. The van der Waals surface area contributed by atoms with Crippen LogP contribution in [0.1, 0.15) is 22.9 Å². The zero-order chi connectivity index (χ0) is 13.1. The normalized spacial score (nSPS) is 12.3. The van der Waals surface area contributed by atoms with E-state index < -0.39 is 0 Å². The third-order valence-electron chi connectivity index (χ3n) is 3.04. The van der Waals surface area contributed by atoms with Gasteiger partial charge in [-0.1, -0.05) is 30.3 Å². The van der Waals surface area contributed by atoms with Crippen molar-refractivity contribution in [3.8, 4) is 0 Å². The molecule has 4 heteroatoms. The average Bonchev–Trinajstić information content (AvgIpc) is 2.65. The van der Waals surface area contributed by atoms with Gasteiger partial charge in [0.15, 0.2) is 0 Å². The highest BCUT2D eigenvalue weighted by molar-refractivity contribution is 5.84. The van der Waals surface area contributed by atoms with Gasteiger partial charge in [-0.3, -0.25) is 10.1 Å². The fourth-order valence-corrected chi connectivity index (χ4v) is 2.10. The van der Waals surface area contributed by atoms with Crippen LogP contribution in [0.2, 0.25) is 0 Å². The van der Waals surface area contributed by atoms with Crippen LogP contribution >= 0.6 is 0 Å². The van der Waals surface area contributed by atoms with Crippen LogP contribution in [0, 0.1) is 19.3 Å². The molecule has 0 bridgehead atoms. The van der Waals surface area contributed by atoms with E-state index in [-0.39, 0.29) is 11.8 Å². The maximum Gasteiger partial charge on any atom is 0.100 e. The summed E-state index contributed by atoms with van der Waals surface area (Å²) in [4.78, 5) is 0. The smallest absolute Gasteiger partial charge is 0.100 e. The molecule has 1 aromatic carbocycles. The number of nitrogens with two attached hydrogens (primary N) is 1. The number of nitrogens with zero attached hydrogens (tertiary/aromatic N) is 2. The van der Waals surface area contributed by atoms with Crippen LogP contribution in [0.3, 0.4) is 0 Å². The molecule has 0 fully saturated rings. The molecule has 94 valence electrons. The van der Waals surface area contributed by atoms with E-state index in [2.05, 4.69) is 5.10 Å². The molecular weight excluding hydrogens is 224 g/mol. The Morgan fingerprint density at radius 1 is 1.33 bits per heavy atom. The van der Waals surface area contributed by atoms with Crippen molar-refractivity contribution >= 4 is 5.84 Å². The molecule has 0 aliphatic rings. The van der Waals surface area contributed by atoms with Gasteiger partial charge in [0.1, 0.15) is 5.84 Å². The minimum absolute atomic E-state index is 0.121. The summed E-state index contributed by atoms with van der Waals surface area (Å²) in [6, 6.07) is 11.9. The van der Waals surface area contributed by atoms with E-state index in [4.69, 9.17) is 11.1 Å². The molecule has 0 aliphatic heterocycles. The molecule has 1 unspecified atom stereocenters. The molecule has 18 heavy (non-hydrogen) atoms. The minimum Gasteiger partial charge on any atom is -0.387 e. The van der Waals surface area contributed by atoms with Crippen molar-refractivity contribution in [1.82, 2.24) is 9.78 Å². The lowest BCUT2D eigenvalue weighted by atomic mass is 9.98. The van der Waals surface area contributed by atoms with E-state index >= 15 is 0 Å². The van der Waals surface area contributed by atoms with Gasteiger partial charge >= 0.3 is 0 Å². The van der Waals surface area contributed by atoms with E-state index in [0.29, 0.717) is 6.54 Å². The summed E-state index contributed by atoms with van der Waals surface area (Å²) in [5, 5.41) is 12.2. The first-order chi connectivity index (χ1) is 8.58. The van der Waals surface area contributed by atoms with Crippen LogP contribution in [0.4, 0.5) is 0 Å². The monoisotopic (exact) mass is 242 g/mol. The molecule has 1 aromatic heterocycles. The number of aromatic nitrogens is 2. The number of aryl methyl sites for hydroxylation is 2. The van der Waals surface area contributed by atoms with Gasteiger partial charge in [0.2, 0.25) is 0 Å². The molecule has 0 saturated carbocycles. The number of hydrogen-bond donors (Lipinski definition) is 2. The summed E-state index contributed by atoms with van der Waals surface area (Å²) >= 11 is 0. The Bertz CT molecular complexity index is 542. The van der Waals surface area contributed by atoms with E-state index in [9.17, 15) is 0 Å². The minimum atomic E-state index is -0.121. The van der Waals surface area contributed by atoms with Crippen LogP contribution in [-0.4, -0.2) is 15.6 Å². The molecule has 2 rings (SSSR count). The fourth-order valence-electron chi connectivity index (χ4n) is 2.10. The van der Waals surface area contributed by atoms with Gasteiger partial charge in [0.25, 0.3) is 0 Å². The van der Waals surface area contributed by atoms with Gasteiger partial charge in [-0.25, -0.2) is 0 Å². The van der Waals surface area contributed by atoms with Gasteiger partial charge in [0, 0.05) is 5.69 Å². The van der Waals surface area contributed by atoms with Crippen LogP contribution in [0.5, 0.6) is 0 Å². The summed E-state index contributed by atoms with van der Waals surface area (Å²) in [5.74, 6) is 0.0537. The fraction of sp³-hybridized carbons (Fsp3) is 0.286. The van der Waals surface area contributed by atoms with Crippen LogP contribution in [0.25, 0.3) is 0 Å². The molecule has 0 amide bonds. The molecule has 0 radical (unpaired) electrons. The average molecular weight is 242 g/mol. The highest BCUT2D eigenvalue weighted by atomic mass is 15.3. The molecule has 0 aliphatic carbocycles. The predicted molar refractivity (Wildman–Crippen MR) is 72.8 cm³/mol. The Labute approximate surface area is 107 Å². The van der Waals surface area contributed by atoms with Crippen molar-refractivity contribution in [3.63, 3.8) is 0 Å². The summed E-state index contributed by atoms with van der Waals surface area (Å²) in [7, 11) is 0. The lowest BCUT2D eigenvalue weighted by molar-refractivity contribution is 0.567. The molecule has 3 N–H and O–H groups in total. The van der Waals surface area contributed by atoms with Gasteiger partial charge in [-0.15, -0.1) is 0 Å². The Morgan fingerprint density at radius 2 is 2.00 bits per heavy atom. The van der Waals surface area contributed by atoms with Gasteiger partial charge in [-0.05, 0) is 25.5 Å². The van der Waals surface area contributed by atoms with E-state index in [1.807, 2.05) is 54.9 Å². The SMILES string of the molecule is Cc1cc(C)n(CC(C(=N)N)c2ccccc2)n1. The van der Waals surface area contributed by atoms with E-state index in [1.54, 1.807) is 0 Å². The number of amidine groups is 1.